The quantitative estimate of drug-likeness (QED) is 0.310. The van der Waals surface area contributed by atoms with E-state index in [0.29, 0.717) is 31.2 Å². The van der Waals surface area contributed by atoms with Crippen molar-refractivity contribution in [1.29, 1.82) is 0 Å². The predicted octanol–water partition coefficient (Wildman–Crippen LogP) is 3.75. The molecule has 150 valence electrons. The molecule has 27 heavy (non-hydrogen) atoms. The number of furan rings is 1. The highest BCUT2D eigenvalue weighted by Gasteiger charge is 2.29. The van der Waals surface area contributed by atoms with E-state index in [-0.39, 0.29) is 30.5 Å². The Labute approximate surface area is 173 Å². The number of nitrogens with zero attached hydrogens (tertiary/aromatic N) is 1. The smallest absolute Gasteiger partial charge is 0.416 e. The number of hydrogen-bond acceptors (Lipinski definition) is 3. The number of halogens is 4. The molecule has 0 aliphatic carbocycles. The molecule has 3 N–H and O–H groups in total. The van der Waals surface area contributed by atoms with E-state index in [2.05, 4.69) is 15.6 Å². The first-order valence-electron chi connectivity index (χ1n) is 8.30. The van der Waals surface area contributed by atoms with E-state index < -0.39 is 17.8 Å². The molecular formula is C18H23F3IN3O2. The Hall–Kier alpha value is -1.75. The van der Waals surface area contributed by atoms with Crippen LogP contribution >= 0.6 is 24.0 Å². The summed E-state index contributed by atoms with van der Waals surface area (Å²) in [5, 5.41) is 16.1. The lowest BCUT2D eigenvalue weighted by Crippen LogP contribution is -2.38. The van der Waals surface area contributed by atoms with Gasteiger partial charge in [0.15, 0.2) is 5.96 Å². The number of rotatable bonds is 7. The van der Waals surface area contributed by atoms with Gasteiger partial charge in [0.1, 0.15) is 11.9 Å². The molecule has 0 bridgehead atoms. The zero-order valence-electron chi connectivity index (χ0n) is 14.8. The minimum absolute atomic E-state index is 0. The van der Waals surface area contributed by atoms with Crippen LogP contribution in [-0.4, -0.2) is 30.7 Å². The third kappa shape index (κ3) is 7.79. The average molecular weight is 497 g/mol. The van der Waals surface area contributed by atoms with Crippen LogP contribution in [0.3, 0.4) is 0 Å². The van der Waals surface area contributed by atoms with Crippen molar-refractivity contribution in [2.75, 3.05) is 19.6 Å². The van der Waals surface area contributed by atoms with Crippen molar-refractivity contribution in [1.82, 2.24) is 10.6 Å². The van der Waals surface area contributed by atoms with Crippen molar-refractivity contribution >= 4 is 29.9 Å². The summed E-state index contributed by atoms with van der Waals surface area (Å²) in [4.78, 5) is 4.28. The van der Waals surface area contributed by atoms with Gasteiger partial charge in [-0.3, -0.25) is 4.99 Å². The first kappa shape index (κ1) is 23.3. The van der Waals surface area contributed by atoms with Crippen molar-refractivity contribution in [3.63, 3.8) is 0 Å². The summed E-state index contributed by atoms with van der Waals surface area (Å²) in [5.74, 6) is 0.958. The number of benzene rings is 1. The van der Waals surface area contributed by atoms with Gasteiger partial charge in [0.2, 0.25) is 0 Å². The van der Waals surface area contributed by atoms with Gasteiger partial charge in [0.25, 0.3) is 0 Å². The number of aliphatic hydroxyl groups is 1. The maximum absolute atomic E-state index is 12.6. The Balaban J connectivity index is 0.00000364. The average Bonchev–Trinajstić information content (AvgIpc) is 3.14. The van der Waals surface area contributed by atoms with Crippen LogP contribution in [0.1, 0.15) is 29.9 Å². The largest absolute Gasteiger partial charge is 0.467 e. The third-order valence-electron chi connectivity index (χ3n) is 3.63. The van der Waals surface area contributed by atoms with Crippen LogP contribution in [0.4, 0.5) is 13.2 Å². The van der Waals surface area contributed by atoms with E-state index in [1.54, 1.807) is 12.1 Å². The second-order valence-corrected chi connectivity index (χ2v) is 5.62. The monoisotopic (exact) mass is 497 g/mol. The van der Waals surface area contributed by atoms with E-state index in [9.17, 15) is 18.3 Å². The molecule has 0 aliphatic heterocycles. The molecule has 9 heteroatoms. The van der Waals surface area contributed by atoms with Crippen LogP contribution in [0.25, 0.3) is 0 Å². The number of alkyl halides is 3. The zero-order chi connectivity index (χ0) is 19.0. The van der Waals surface area contributed by atoms with Crippen LogP contribution in [0, 0.1) is 0 Å². The summed E-state index contributed by atoms with van der Waals surface area (Å²) in [6.07, 6.45) is -3.13. The number of nitrogens with one attached hydrogen (secondary N) is 2. The van der Waals surface area contributed by atoms with Crippen LogP contribution in [0.2, 0.25) is 0 Å². The van der Waals surface area contributed by atoms with E-state index in [0.717, 1.165) is 17.7 Å². The minimum atomic E-state index is -4.32. The van der Waals surface area contributed by atoms with Crippen LogP contribution in [0.15, 0.2) is 52.1 Å². The highest BCUT2D eigenvalue weighted by molar-refractivity contribution is 14.0. The lowest BCUT2D eigenvalue weighted by molar-refractivity contribution is -0.137. The molecule has 0 radical (unpaired) electrons. The number of hydrogen-bond donors (Lipinski definition) is 3. The summed E-state index contributed by atoms with van der Waals surface area (Å²) in [7, 11) is 0. The van der Waals surface area contributed by atoms with Gasteiger partial charge in [-0.1, -0.05) is 12.1 Å². The fraction of sp³-hybridized carbons (Fsp3) is 0.389. The normalized spacial score (nSPS) is 13.0. The molecule has 2 rings (SSSR count). The van der Waals surface area contributed by atoms with E-state index in [4.69, 9.17) is 4.42 Å². The molecule has 1 atom stereocenters. The van der Waals surface area contributed by atoms with E-state index >= 15 is 0 Å². The molecule has 0 spiro atoms. The van der Waals surface area contributed by atoms with Gasteiger partial charge in [-0.15, -0.1) is 24.0 Å². The number of aliphatic imine (C=N–C) groups is 1. The highest BCUT2D eigenvalue weighted by atomic mass is 127. The van der Waals surface area contributed by atoms with E-state index in [1.165, 1.54) is 18.4 Å². The minimum Gasteiger partial charge on any atom is -0.467 e. The summed E-state index contributed by atoms with van der Waals surface area (Å²) in [5.41, 5.74) is 0.132. The fourth-order valence-corrected chi connectivity index (χ4v) is 2.28. The third-order valence-corrected chi connectivity index (χ3v) is 3.63. The van der Waals surface area contributed by atoms with Crippen molar-refractivity contribution in [3.05, 3.63) is 59.5 Å². The summed E-state index contributed by atoms with van der Waals surface area (Å²) >= 11 is 0. The van der Waals surface area contributed by atoms with Crippen molar-refractivity contribution < 1.29 is 22.7 Å². The summed E-state index contributed by atoms with van der Waals surface area (Å²) < 4.78 is 42.8. The molecule has 0 saturated heterocycles. The Kier molecular flexibility index (Phi) is 9.64. The van der Waals surface area contributed by atoms with Gasteiger partial charge in [0, 0.05) is 13.1 Å². The van der Waals surface area contributed by atoms with Gasteiger partial charge in [0.05, 0.1) is 18.4 Å². The maximum atomic E-state index is 12.6. The van der Waals surface area contributed by atoms with E-state index in [1.807, 2.05) is 6.92 Å². The van der Waals surface area contributed by atoms with Gasteiger partial charge in [-0.05, 0) is 43.2 Å². The standard InChI is InChI=1S/C18H22F3N3O2.HI/c1-2-22-17(24-12-15(25)16-4-3-11-26-16)23-10-9-13-5-7-14(8-6-13)18(19,20)21;/h3-8,11,15,25H,2,9-10,12H2,1H3,(H2,22,23,24);1H. The molecule has 5 nitrogen and oxygen atoms in total. The number of aliphatic hydroxyl groups excluding tert-OH is 1. The fourth-order valence-electron chi connectivity index (χ4n) is 2.28. The van der Waals surface area contributed by atoms with Gasteiger partial charge in [-0.25, -0.2) is 0 Å². The topological polar surface area (TPSA) is 69.8 Å². The van der Waals surface area contributed by atoms with Gasteiger partial charge < -0.3 is 20.2 Å². The molecule has 1 heterocycles. The van der Waals surface area contributed by atoms with Crippen LogP contribution in [0.5, 0.6) is 0 Å². The predicted molar refractivity (Wildman–Crippen MR) is 108 cm³/mol. The maximum Gasteiger partial charge on any atom is 0.416 e. The van der Waals surface area contributed by atoms with Gasteiger partial charge in [-0.2, -0.15) is 13.2 Å². The molecule has 1 aromatic heterocycles. The van der Waals surface area contributed by atoms with Crippen molar-refractivity contribution in [3.8, 4) is 0 Å². The molecule has 0 amide bonds. The van der Waals surface area contributed by atoms with Crippen molar-refractivity contribution in [2.24, 2.45) is 4.99 Å². The molecule has 0 fully saturated rings. The van der Waals surface area contributed by atoms with Crippen LogP contribution in [-0.2, 0) is 12.6 Å². The van der Waals surface area contributed by atoms with Crippen molar-refractivity contribution in [2.45, 2.75) is 25.6 Å². The second kappa shape index (κ2) is 11.2. The lowest BCUT2D eigenvalue weighted by Gasteiger charge is -2.13. The number of guanidine groups is 1. The molecule has 1 unspecified atom stereocenters. The zero-order valence-corrected chi connectivity index (χ0v) is 17.1. The lowest BCUT2D eigenvalue weighted by atomic mass is 10.1. The first-order valence-corrected chi connectivity index (χ1v) is 8.30. The Morgan fingerprint density at radius 3 is 2.44 bits per heavy atom. The molecule has 2 aromatic rings. The highest BCUT2D eigenvalue weighted by Crippen LogP contribution is 2.29. The molecule has 0 saturated carbocycles. The molecular weight excluding hydrogens is 474 g/mol. The Bertz CT molecular complexity index is 689. The summed E-state index contributed by atoms with van der Waals surface area (Å²) in [6, 6.07) is 8.45. The Morgan fingerprint density at radius 1 is 1.19 bits per heavy atom. The Morgan fingerprint density at radius 2 is 1.89 bits per heavy atom. The van der Waals surface area contributed by atoms with Crippen LogP contribution < -0.4 is 10.6 Å². The first-order chi connectivity index (χ1) is 12.4. The SMILES string of the molecule is CCNC(=NCC(O)c1ccco1)NCCc1ccc(C(F)(F)F)cc1.I. The molecule has 0 aliphatic rings. The molecule has 1 aromatic carbocycles. The second-order valence-electron chi connectivity index (χ2n) is 5.62. The summed E-state index contributed by atoms with van der Waals surface area (Å²) in [6.45, 7) is 3.18. The van der Waals surface area contributed by atoms with Gasteiger partial charge >= 0.3 is 6.18 Å².